The van der Waals surface area contributed by atoms with Gasteiger partial charge < -0.3 is 25.4 Å². The zero-order valence-corrected chi connectivity index (χ0v) is 16.6. The highest BCUT2D eigenvalue weighted by Crippen LogP contribution is 2.30. The second kappa shape index (κ2) is 9.65. The molecule has 0 aliphatic carbocycles. The van der Waals surface area contributed by atoms with Crippen molar-refractivity contribution in [2.45, 2.75) is 12.7 Å². The highest BCUT2D eigenvalue weighted by molar-refractivity contribution is 9.10. The van der Waals surface area contributed by atoms with Crippen molar-refractivity contribution in [2.24, 2.45) is 0 Å². The third-order valence-corrected chi connectivity index (χ3v) is 4.77. The third kappa shape index (κ3) is 5.63. The Bertz CT molecular complexity index is 930. The molecule has 0 unspecified atom stereocenters. The molecule has 0 bridgehead atoms. The minimum atomic E-state index is -3.07. The van der Waals surface area contributed by atoms with Crippen molar-refractivity contribution in [1.29, 1.82) is 5.26 Å². The normalized spacial score (nSPS) is 16.2. The van der Waals surface area contributed by atoms with Gasteiger partial charge in [-0.15, -0.1) is 0 Å². The predicted octanol–water partition coefficient (Wildman–Crippen LogP) is 4.23. The van der Waals surface area contributed by atoms with Gasteiger partial charge in [-0.05, 0) is 51.8 Å². The Hall–Kier alpha value is -2.74. The second-order valence-electron chi connectivity index (χ2n) is 6.08. The van der Waals surface area contributed by atoms with Crippen molar-refractivity contribution in [1.82, 2.24) is 5.32 Å². The van der Waals surface area contributed by atoms with E-state index in [1.165, 1.54) is 18.2 Å². The molecule has 3 N–H and O–H groups in total. The first kappa shape index (κ1) is 21.0. The smallest absolute Gasteiger partial charge is 0.387 e. The number of alkyl halides is 2. The number of nitriles is 1. The van der Waals surface area contributed by atoms with E-state index in [1.807, 2.05) is 18.2 Å². The summed E-state index contributed by atoms with van der Waals surface area (Å²) in [5, 5.41) is 17.3. The van der Waals surface area contributed by atoms with Gasteiger partial charge in [0.05, 0.1) is 35.7 Å². The first-order valence-electron chi connectivity index (χ1n) is 8.65. The van der Waals surface area contributed by atoms with Crippen LogP contribution in [-0.4, -0.2) is 32.3 Å². The van der Waals surface area contributed by atoms with Gasteiger partial charge in [0.15, 0.2) is 0 Å². The number of ether oxygens (including phenoxy) is 2. The van der Waals surface area contributed by atoms with Crippen LogP contribution in [0.4, 0.5) is 25.0 Å². The number of nitrogens with one attached hydrogen (secondary N) is 3. The summed E-state index contributed by atoms with van der Waals surface area (Å²) in [5.41, 5.74) is 1.57. The standard InChI is InChI=1S/C19H17BrF2N4O3/c20-13-8-12(17-10-24-5-6-28-17)2-3-14(13)25-19(27)26-15-7-11(9-23)1-4-16(15)29-18(21)22/h1-4,7-8,17-18,24H,5-6,10H2,(H2,25,26,27)/t17-/m0/s1. The highest BCUT2D eigenvalue weighted by atomic mass is 79.9. The van der Waals surface area contributed by atoms with Gasteiger partial charge in [-0.3, -0.25) is 0 Å². The van der Waals surface area contributed by atoms with E-state index in [0.717, 1.165) is 12.1 Å². The summed E-state index contributed by atoms with van der Waals surface area (Å²) >= 11 is 3.41. The Morgan fingerprint density at radius 1 is 1.28 bits per heavy atom. The zero-order chi connectivity index (χ0) is 20.8. The van der Waals surface area contributed by atoms with Crippen LogP contribution in [0.2, 0.25) is 0 Å². The van der Waals surface area contributed by atoms with Gasteiger partial charge in [0.25, 0.3) is 0 Å². The van der Waals surface area contributed by atoms with Gasteiger partial charge >= 0.3 is 12.6 Å². The summed E-state index contributed by atoms with van der Waals surface area (Å²) in [6.07, 6.45) is -0.0781. The number of halogens is 3. The number of hydrogen-bond donors (Lipinski definition) is 3. The van der Waals surface area contributed by atoms with Gasteiger partial charge in [-0.25, -0.2) is 4.79 Å². The van der Waals surface area contributed by atoms with Gasteiger partial charge in [0.1, 0.15) is 5.75 Å². The quantitative estimate of drug-likeness (QED) is 0.612. The second-order valence-corrected chi connectivity index (χ2v) is 6.94. The summed E-state index contributed by atoms with van der Waals surface area (Å²) in [4.78, 5) is 12.4. The van der Waals surface area contributed by atoms with Gasteiger partial charge in [-0.2, -0.15) is 14.0 Å². The van der Waals surface area contributed by atoms with Crippen molar-refractivity contribution < 1.29 is 23.0 Å². The van der Waals surface area contributed by atoms with Crippen LogP contribution in [0.5, 0.6) is 5.75 Å². The predicted molar refractivity (Wildman–Crippen MR) is 106 cm³/mol. The lowest BCUT2D eigenvalue weighted by molar-refractivity contribution is -0.0493. The summed E-state index contributed by atoms with van der Waals surface area (Å²) in [5.74, 6) is -0.245. The minimum absolute atomic E-state index is 0.0451. The summed E-state index contributed by atoms with van der Waals surface area (Å²) in [6, 6.07) is 10.4. The number of morpholine rings is 1. The van der Waals surface area contributed by atoms with Crippen molar-refractivity contribution >= 4 is 33.3 Å². The average Bonchev–Trinajstić information content (AvgIpc) is 2.71. The number of urea groups is 1. The molecule has 1 heterocycles. The lowest BCUT2D eigenvalue weighted by Crippen LogP contribution is -2.33. The SMILES string of the molecule is N#Cc1ccc(OC(F)F)c(NC(=O)Nc2ccc([C@@H]3CNCCO3)cc2Br)c1. The Labute approximate surface area is 174 Å². The molecule has 2 amide bonds. The van der Waals surface area contributed by atoms with Crippen LogP contribution >= 0.6 is 15.9 Å². The fourth-order valence-electron chi connectivity index (χ4n) is 2.78. The maximum absolute atomic E-state index is 12.6. The van der Waals surface area contributed by atoms with E-state index in [9.17, 15) is 13.6 Å². The van der Waals surface area contributed by atoms with E-state index in [-0.39, 0.29) is 23.1 Å². The number of benzene rings is 2. The van der Waals surface area contributed by atoms with E-state index in [1.54, 1.807) is 6.07 Å². The van der Waals surface area contributed by atoms with Crippen LogP contribution in [0, 0.1) is 11.3 Å². The number of hydrogen-bond acceptors (Lipinski definition) is 5. The molecule has 1 atom stereocenters. The van der Waals surface area contributed by atoms with Crippen molar-refractivity contribution in [3.8, 4) is 11.8 Å². The number of rotatable bonds is 5. The molecule has 1 aliphatic rings. The monoisotopic (exact) mass is 466 g/mol. The fraction of sp³-hybridized carbons (Fsp3) is 0.263. The van der Waals surface area contributed by atoms with E-state index in [2.05, 4.69) is 36.6 Å². The zero-order valence-electron chi connectivity index (χ0n) is 15.0. The molecule has 7 nitrogen and oxygen atoms in total. The topological polar surface area (TPSA) is 95.4 Å². The van der Waals surface area contributed by atoms with Crippen LogP contribution in [0.25, 0.3) is 0 Å². The number of amides is 2. The van der Waals surface area contributed by atoms with E-state index >= 15 is 0 Å². The summed E-state index contributed by atoms with van der Waals surface area (Å²) in [7, 11) is 0. The first-order valence-corrected chi connectivity index (χ1v) is 9.44. The maximum Gasteiger partial charge on any atom is 0.387 e. The van der Waals surface area contributed by atoms with Crippen LogP contribution in [-0.2, 0) is 4.74 Å². The number of nitrogens with zero attached hydrogens (tertiary/aromatic N) is 1. The molecule has 10 heteroatoms. The molecular weight excluding hydrogens is 450 g/mol. The Morgan fingerprint density at radius 3 is 2.72 bits per heavy atom. The molecule has 0 aromatic heterocycles. The number of carbonyl (C=O) groups excluding carboxylic acids is 1. The Kier molecular flexibility index (Phi) is 6.98. The van der Waals surface area contributed by atoms with Crippen LogP contribution in [0.15, 0.2) is 40.9 Å². The van der Waals surface area contributed by atoms with E-state index in [4.69, 9.17) is 10.00 Å². The van der Waals surface area contributed by atoms with Crippen molar-refractivity contribution in [2.75, 3.05) is 30.3 Å². The molecule has 1 aliphatic heterocycles. The fourth-order valence-corrected chi connectivity index (χ4v) is 3.28. The van der Waals surface area contributed by atoms with Crippen molar-refractivity contribution in [3.63, 3.8) is 0 Å². The minimum Gasteiger partial charge on any atom is -0.433 e. The van der Waals surface area contributed by atoms with Crippen LogP contribution < -0.4 is 20.7 Å². The molecule has 1 saturated heterocycles. The highest BCUT2D eigenvalue weighted by Gasteiger charge is 2.18. The Balaban J connectivity index is 1.71. The molecule has 0 spiro atoms. The van der Waals surface area contributed by atoms with Gasteiger partial charge in [0, 0.05) is 17.6 Å². The molecule has 0 radical (unpaired) electrons. The molecule has 2 aromatic rings. The molecule has 2 aromatic carbocycles. The summed E-state index contributed by atoms with van der Waals surface area (Å²) in [6.45, 7) is -0.941. The molecular formula is C19H17BrF2N4O3. The van der Waals surface area contributed by atoms with Crippen molar-refractivity contribution in [3.05, 3.63) is 52.0 Å². The van der Waals surface area contributed by atoms with Gasteiger partial charge in [-0.1, -0.05) is 6.07 Å². The third-order valence-electron chi connectivity index (χ3n) is 4.11. The maximum atomic E-state index is 12.6. The molecule has 0 saturated carbocycles. The average molecular weight is 467 g/mol. The molecule has 1 fully saturated rings. The summed E-state index contributed by atoms with van der Waals surface area (Å²) < 4.78 is 35.9. The lowest BCUT2D eigenvalue weighted by atomic mass is 10.1. The number of anilines is 2. The number of carbonyl (C=O) groups is 1. The van der Waals surface area contributed by atoms with Gasteiger partial charge in [0.2, 0.25) is 0 Å². The van der Waals surface area contributed by atoms with E-state index in [0.29, 0.717) is 23.3 Å². The molecule has 152 valence electrons. The Morgan fingerprint density at radius 2 is 2.07 bits per heavy atom. The first-order chi connectivity index (χ1) is 14.0. The van der Waals surface area contributed by atoms with E-state index < -0.39 is 12.6 Å². The van der Waals surface area contributed by atoms with Crippen LogP contribution in [0.1, 0.15) is 17.2 Å². The molecule has 29 heavy (non-hydrogen) atoms. The molecule has 3 rings (SSSR count). The lowest BCUT2D eigenvalue weighted by Gasteiger charge is -2.24. The largest absolute Gasteiger partial charge is 0.433 e. The van der Waals surface area contributed by atoms with Crippen LogP contribution in [0.3, 0.4) is 0 Å².